The lowest BCUT2D eigenvalue weighted by Crippen LogP contribution is -2.28. The lowest BCUT2D eigenvalue weighted by Gasteiger charge is -2.12. The fraction of sp³-hybridized carbons (Fsp3) is 0.208. The molecular formula is C24H24N4O6S. The van der Waals surface area contributed by atoms with E-state index in [2.05, 4.69) is 15.0 Å². The number of nitrogens with one attached hydrogen (secondary N) is 2. The second-order valence-electron chi connectivity index (χ2n) is 7.26. The van der Waals surface area contributed by atoms with Crippen molar-refractivity contribution in [2.24, 2.45) is 0 Å². The summed E-state index contributed by atoms with van der Waals surface area (Å²) in [5.74, 6) is 0.964. The van der Waals surface area contributed by atoms with Gasteiger partial charge in [0.15, 0.2) is 11.5 Å². The van der Waals surface area contributed by atoms with Gasteiger partial charge in [0.25, 0.3) is 0 Å². The number of pyridine rings is 1. The third-order valence-corrected chi connectivity index (χ3v) is 6.35. The second kappa shape index (κ2) is 11.3. The van der Waals surface area contributed by atoms with Gasteiger partial charge in [-0.25, -0.2) is 18.1 Å². The van der Waals surface area contributed by atoms with Crippen molar-refractivity contribution in [3.63, 3.8) is 0 Å². The SMILES string of the molecule is COc1ccc(S(=O)(=O)NCCC(=O)Nc2ccc(Oc3ncccc3C#N)cc2C)cc1OC. The molecule has 0 atom stereocenters. The van der Waals surface area contributed by atoms with Crippen LogP contribution in [0.1, 0.15) is 17.5 Å². The highest BCUT2D eigenvalue weighted by molar-refractivity contribution is 7.89. The quantitative estimate of drug-likeness (QED) is 0.435. The third kappa shape index (κ3) is 6.47. The Hall–Kier alpha value is -4.14. The molecule has 0 saturated heterocycles. The van der Waals surface area contributed by atoms with Crippen LogP contribution >= 0.6 is 0 Å². The van der Waals surface area contributed by atoms with Crippen LogP contribution in [0.4, 0.5) is 5.69 Å². The number of rotatable bonds is 10. The monoisotopic (exact) mass is 496 g/mol. The molecule has 10 nitrogen and oxygen atoms in total. The van der Waals surface area contributed by atoms with E-state index >= 15 is 0 Å². The number of nitrogens with zero attached hydrogens (tertiary/aromatic N) is 2. The van der Waals surface area contributed by atoms with Crippen molar-refractivity contribution in [3.05, 3.63) is 65.9 Å². The number of carbonyl (C=O) groups excluding carboxylic acids is 1. The minimum Gasteiger partial charge on any atom is -0.493 e. The lowest BCUT2D eigenvalue weighted by atomic mass is 10.2. The van der Waals surface area contributed by atoms with Gasteiger partial charge in [0.05, 0.1) is 19.1 Å². The van der Waals surface area contributed by atoms with Gasteiger partial charge in [-0.05, 0) is 55.0 Å². The summed E-state index contributed by atoms with van der Waals surface area (Å²) in [7, 11) is -0.981. The molecule has 11 heteroatoms. The van der Waals surface area contributed by atoms with Gasteiger partial charge >= 0.3 is 0 Å². The Labute approximate surface area is 203 Å². The van der Waals surface area contributed by atoms with Gasteiger partial charge < -0.3 is 19.5 Å². The Morgan fingerprint density at radius 1 is 1.09 bits per heavy atom. The van der Waals surface area contributed by atoms with Crippen LogP contribution in [0.15, 0.2) is 59.6 Å². The highest BCUT2D eigenvalue weighted by atomic mass is 32.2. The molecule has 0 aliphatic heterocycles. The van der Waals surface area contributed by atoms with Crippen molar-refractivity contribution in [3.8, 4) is 29.2 Å². The Bertz CT molecular complexity index is 1370. The van der Waals surface area contributed by atoms with E-state index < -0.39 is 10.0 Å². The molecule has 2 N–H and O–H groups in total. The van der Waals surface area contributed by atoms with Gasteiger partial charge in [0, 0.05) is 30.9 Å². The van der Waals surface area contributed by atoms with Gasteiger partial charge in [0.1, 0.15) is 17.4 Å². The van der Waals surface area contributed by atoms with Crippen molar-refractivity contribution in [1.82, 2.24) is 9.71 Å². The smallest absolute Gasteiger partial charge is 0.240 e. The molecule has 0 fully saturated rings. The first-order chi connectivity index (χ1) is 16.8. The first-order valence-electron chi connectivity index (χ1n) is 10.4. The van der Waals surface area contributed by atoms with Crippen LogP contribution in [-0.4, -0.2) is 40.1 Å². The highest BCUT2D eigenvalue weighted by Gasteiger charge is 2.17. The van der Waals surface area contributed by atoms with Gasteiger partial charge in [-0.15, -0.1) is 0 Å². The number of ether oxygens (including phenoxy) is 3. The van der Waals surface area contributed by atoms with Crippen molar-refractivity contribution < 1.29 is 27.4 Å². The number of aromatic nitrogens is 1. The molecule has 0 unspecified atom stereocenters. The van der Waals surface area contributed by atoms with E-state index in [1.807, 2.05) is 6.07 Å². The molecule has 1 heterocycles. The fourth-order valence-electron chi connectivity index (χ4n) is 3.09. The zero-order chi connectivity index (χ0) is 25.4. The van der Waals surface area contributed by atoms with Crippen LogP contribution in [0.2, 0.25) is 0 Å². The summed E-state index contributed by atoms with van der Waals surface area (Å²) in [6, 6.07) is 14.5. The summed E-state index contributed by atoms with van der Waals surface area (Å²) in [5, 5.41) is 11.9. The molecule has 0 aliphatic carbocycles. The number of amides is 1. The van der Waals surface area contributed by atoms with Crippen LogP contribution in [-0.2, 0) is 14.8 Å². The van der Waals surface area contributed by atoms with Crippen LogP contribution in [0, 0.1) is 18.3 Å². The molecule has 0 radical (unpaired) electrons. The average Bonchev–Trinajstić information content (AvgIpc) is 2.85. The number of methoxy groups -OCH3 is 2. The first kappa shape index (κ1) is 25.5. The largest absolute Gasteiger partial charge is 0.493 e. The zero-order valence-corrected chi connectivity index (χ0v) is 20.2. The summed E-state index contributed by atoms with van der Waals surface area (Å²) in [6.45, 7) is 1.69. The van der Waals surface area contributed by atoms with Crippen molar-refractivity contribution in [2.45, 2.75) is 18.2 Å². The number of benzene rings is 2. The first-order valence-corrected chi connectivity index (χ1v) is 11.9. The minimum atomic E-state index is -3.85. The minimum absolute atomic E-state index is 0.00514. The summed E-state index contributed by atoms with van der Waals surface area (Å²) in [5.41, 5.74) is 1.57. The summed E-state index contributed by atoms with van der Waals surface area (Å²) >= 11 is 0. The molecule has 3 aromatic rings. The molecule has 2 aromatic carbocycles. The summed E-state index contributed by atoms with van der Waals surface area (Å²) < 4.78 is 43.4. The summed E-state index contributed by atoms with van der Waals surface area (Å²) in [6.07, 6.45) is 1.45. The van der Waals surface area contributed by atoms with E-state index in [4.69, 9.17) is 19.5 Å². The van der Waals surface area contributed by atoms with Crippen LogP contribution in [0.3, 0.4) is 0 Å². The maximum Gasteiger partial charge on any atom is 0.240 e. The Balaban J connectivity index is 1.57. The van der Waals surface area contributed by atoms with Gasteiger partial charge in [-0.2, -0.15) is 5.26 Å². The molecule has 0 aliphatic rings. The second-order valence-corrected chi connectivity index (χ2v) is 9.03. The van der Waals surface area contributed by atoms with Crippen molar-refractivity contribution >= 4 is 21.6 Å². The molecule has 0 saturated carbocycles. The Morgan fingerprint density at radius 2 is 1.86 bits per heavy atom. The highest BCUT2D eigenvalue weighted by Crippen LogP contribution is 2.29. The third-order valence-electron chi connectivity index (χ3n) is 4.89. The van der Waals surface area contributed by atoms with Crippen molar-refractivity contribution in [2.75, 3.05) is 26.1 Å². The number of hydrogen-bond acceptors (Lipinski definition) is 8. The Kier molecular flexibility index (Phi) is 8.25. The number of aryl methyl sites for hydroxylation is 1. The normalized spacial score (nSPS) is 10.8. The average molecular weight is 497 g/mol. The number of hydrogen-bond donors (Lipinski definition) is 2. The lowest BCUT2D eigenvalue weighted by molar-refractivity contribution is -0.116. The maximum atomic E-state index is 12.5. The van der Waals surface area contributed by atoms with Crippen LogP contribution < -0.4 is 24.2 Å². The molecule has 1 amide bonds. The van der Waals surface area contributed by atoms with Gasteiger partial charge in [-0.3, -0.25) is 4.79 Å². The van der Waals surface area contributed by atoms with E-state index in [1.165, 1.54) is 38.6 Å². The topological polar surface area (TPSA) is 140 Å². The number of nitriles is 1. The fourth-order valence-corrected chi connectivity index (χ4v) is 4.13. The molecule has 182 valence electrons. The molecule has 0 bridgehead atoms. The number of sulfonamides is 1. The van der Waals surface area contributed by atoms with Crippen molar-refractivity contribution in [1.29, 1.82) is 5.26 Å². The maximum absolute atomic E-state index is 12.5. The van der Waals surface area contributed by atoms with E-state index in [-0.39, 0.29) is 35.4 Å². The summed E-state index contributed by atoms with van der Waals surface area (Å²) in [4.78, 5) is 16.4. The van der Waals surface area contributed by atoms with Crippen LogP contribution in [0.25, 0.3) is 0 Å². The molecule has 35 heavy (non-hydrogen) atoms. The standard InChI is InChI=1S/C24H24N4O6S/c1-16-13-18(34-24-17(15-25)5-4-11-26-24)6-8-20(16)28-23(29)10-12-27-35(30,31)19-7-9-21(32-2)22(14-19)33-3/h4-9,11,13-14,27H,10,12H2,1-3H3,(H,28,29). The van der Waals surface area contributed by atoms with E-state index in [1.54, 1.807) is 37.3 Å². The predicted molar refractivity (Wildman–Crippen MR) is 128 cm³/mol. The Morgan fingerprint density at radius 3 is 2.54 bits per heavy atom. The molecule has 1 aromatic heterocycles. The molecule has 3 rings (SSSR count). The van der Waals surface area contributed by atoms with Crippen LogP contribution in [0.5, 0.6) is 23.1 Å². The predicted octanol–water partition coefficient (Wildman–Crippen LogP) is 3.38. The molecular weight excluding hydrogens is 472 g/mol. The van der Waals surface area contributed by atoms with Gasteiger partial charge in [-0.1, -0.05) is 0 Å². The van der Waals surface area contributed by atoms with Gasteiger partial charge in [0.2, 0.25) is 21.8 Å². The van der Waals surface area contributed by atoms with E-state index in [9.17, 15) is 13.2 Å². The number of anilines is 1. The van der Waals surface area contributed by atoms with E-state index in [0.717, 1.165) is 5.56 Å². The zero-order valence-electron chi connectivity index (χ0n) is 19.4. The number of carbonyl (C=O) groups is 1. The van der Waals surface area contributed by atoms with E-state index in [0.29, 0.717) is 22.7 Å². The molecule has 0 spiro atoms.